The van der Waals surface area contributed by atoms with E-state index in [1.54, 1.807) is 7.11 Å². The third kappa shape index (κ3) is 3.80. The Hall–Kier alpha value is -2.61. The van der Waals surface area contributed by atoms with Gasteiger partial charge in [-0.1, -0.05) is 91.0 Å². The van der Waals surface area contributed by atoms with Gasteiger partial charge in [0, 0.05) is 12.9 Å². The van der Waals surface area contributed by atoms with Crippen molar-refractivity contribution >= 4 is 34.5 Å². The number of carbonyl (C=O) groups is 1. The fraction of sp³-hybridized carbons (Fsp3) is 0.0909. The monoisotopic (exact) mass is 363 g/mol. The standard InChI is InChI=1S/C22H22NO2P/c1-25-18-23-22(24)17-26(19-11-5-2-6-12-19,20-13-7-3-8-14-20)21-15-9-4-10-16-21/h2-17H,18H2,1H3,(H,23,24). The minimum atomic E-state index is -2.24. The Morgan fingerprint density at radius 1 is 0.808 bits per heavy atom. The molecule has 0 saturated heterocycles. The maximum atomic E-state index is 12.7. The van der Waals surface area contributed by atoms with E-state index in [-0.39, 0.29) is 12.6 Å². The van der Waals surface area contributed by atoms with Crippen LogP contribution in [0, 0.1) is 0 Å². The Bertz CT molecular complexity index is 790. The number of benzene rings is 3. The molecule has 0 spiro atoms. The fourth-order valence-corrected chi connectivity index (χ4v) is 6.74. The molecule has 0 unspecified atom stereocenters. The molecule has 0 saturated carbocycles. The summed E-state index contributed by atoms with van der Waals surface area (Å²) in [7, 11) is 1.56. The van der Waals surface area contributed by atoms with Crippen molar-refractivity contribution in [3.8, 4) is 0 Å². The first-order valence-electron chi connectivity index (χ1n) is 8.45. The van der Waals surface area contributed by atoms with Crippen molar-refractivity contribution in [3.05, 3.63) is 91.0 Å². The van der Waals surface area contributed by atoms with E-state index in [1.165, 1.54) is 0 Å². The molecule has 0 radical (unpaired) electrons. The molecule has 0 heterocycles. The number of nitrogens with one attached hydrogen (secondary N) is 1. The van der Waals surface area contributed by atoms with Crippen LogP contribution in [0.2, 0.25) is 0 Å². The Morgan fingerprint density at radius 3 is 1.54 bits per heavy atom. The van der Waals surface area contributed by atoms with E-state index in [0.29, 0.717) is 0 Å². The molecule has 3 aromatic rings. The largest absolute Gasteiger partial charge is 0.364 e. The summed E-state index contributed by atoms with van der Waals surface area (Å²) < 4.78 is 5.00. The van der Waals surface area contributed by atoms with Gasteiger partial charge in [0.25, 0.3) is 0 Å². The predicted octanol–water partition coefficient (Wildman–Crippen LogP) is 2.50. The summed E-state index contributed by atoms with van der Waals surface area (Å²) in [5.41, 5.74) is 0. The Labute approximate surface area is 154 Å². The first kappa shape index (κ1) is 18.2. The quantitative estimate of drug-likeness (QED) is 0.540. The molecule has 0 bridgehead atoms. The molecule has 132 valence electrons. The summed E-state index contributed by atoms with van der Waals surface area (Å²) >= 11 is 0. The van der Waals surface area contributed by atoms with Crippen LogP contribution in [-0.4, -0.2) is 25.5 Å². The van der Waals surface area contributed by atoms with Gasteiger partial charge in [-0.05, 0) is 22.8 Å². The van der Waals surface area contributed by atoms with E-state index in [4.69, 9.17) is 4.74 Å². The molecular formula is C22H22NO2P. The van der Waals surface area contributed by atoms with E-state index in [2.05, 4.69) is 41.7 Å². The zero-order valence-electron chi connectivity index (χ0n) is 14.7. The van der Waals surface area contributed by atoms with Gasteiger partial charge in [-0.2, -0.15) is 0 Å². The molecule has 0 atom stereocenters. The number of methoxy groups -OCH3 is 1. The molecular weight excluding hydrogens is 341 g/mol. The zero-order chi connectivity index (χ0) is 18.2. The van der Waals surface area contributed by atoms with Gasteiger partial charge in [0.1, 0.15) is 6.73 Å². The van der Waals surface area contributed by atoms with Crippen LogP contribution in [0.15, 0.2) is 91.0 Å². The average Bonchev–Trinajstić information content (AvgIpc) is 2.72. The maximum Gasteiger partial charge on any atom is 0.246 e. The average molecular weight is 363 g/mol. The normalized spacial score (nSPS) is 11.0. The predicted molar refractivity (Wildman–Crippen MR) is 111 cm³/mol. The van der Waals surface area contributed by atoms with Crippen LogP contribution in [0.5, 0.6) is 0 Å². The smallest absolute Gasteiger partial charge is 0.246 e. The van der Waals surface area contributed by atoms with E-state index >= 15 is 0 Å². The van der Waals surface area contributed by atoms with Crippen LogP contribution in [0.3, 0.4) is 0 Å². The number of rotatable bonds is 6. The highest BCUT2D eigenvalue weighted by atomic mass is 31.2. The van der Waals surface area contributed by atoms with E-state index < -0.39 is 6.89 Å². The van der Waals surface area contributed by atoms with Gasteiger partial charge >= 0.3 is 0 Å². The van der Waals surface area contributed by atoms with Crippen molar-refractivity contribution in [2.75, 3.05) is 13.8 Å². The molecule has 3 nitrogen and oxygen atoms in total. The summed E-state index contributed by atoms with van der Waals surface area (Å²) in [4.78, 5) is 12.7. The lowest BCUT2D eigenvalue weighted by molar-refractivity contribution is -0.115. The molecule has 0 aliphatic heterocycles. The first-order valence-corrected chi connectivity index (χ1v) is 10.3. The van der Waals surface area contributed by atoms with Crippen molar-refractivity contribution in [2.24, 2.45) is 0 Å². The van der Waals surface area contributed by atoms with Crippen LogP contribution in [0.1, 0.15) is 0 Å². The van der Waals surface area contributed by atoms with Gasteiger partial charge in [0.2, 0.25) is 5.91 Å². The third-order valence-electron chi connectivity index (χ3n) is 4.19. The summed E-state index contributed by atoms with van der Waals surface area (Å²) in [6.07, 6.45) is 0. The second-order valence-corrected chi connectivity index (χ2v) is 9.09. The highest BCUT2D eigenvalue weighted by Crippen LogP contribution is 2.43. The van der Waals surface area contributed by atoms with E-state index in [0.717, 1.165) is 15.9 Å². The molecule has 1 amide bonds. The summed E-state index contributed by atoms with van der Waals surface area (Å²) in [6, 6.07) is 30.8. The van der Waals surface area contributed by atoms with Crippen molar-refractivity contribution in [3.63, 3.8) is 0 Å². The lowest BCUT2D eigenvalue weighted by Crippen LogP contribution is -2.33. The van der Waals surface area contributed by atoms with Gasteiger partial charge in [0.15, 0.2) is 0 Å². The van der Waals surface area contributed by atoms with Gasteiger partial charge < -0.3 is 10.1 Å². The zero-order valence-corrected chi connectivity index (χ0v) is 15.6. The molecule has 26 heavy (non-hydrogen) atoms. The topological polar surface area (TPSA) is 38.3 Å². The molecule has 1 N–H and O–H groups in total. The molecule has 3 aromatic carbocycles. The highest BCUT2D eigenvalue weighted by molar-refractivity contribution is 7.95. The van der Waals surface area contributed by atoms with Gasteiger partial charge in [-0.15, -0.1) is 0 Å². The molecule has 0 aliphatic carbocycles. The van der Waals surface area contributed by atoms with Crippen molar-refractivity contribution in [1.82, 2.24) is 5.32 Å². The molecule has 0 fully saturated rings. The summed E-state index contributed by atoms with van der Waals surface area (Å²) in [6.45, 7) is -2.05. The SMILES string of the molecule is COCNC(=O)C=P(c1ccccc1)(c1ccccc1)c1ccccc1. The number of ether oxygens (including phenoxy) is 1. The first-order chi connectivity index (χ1) is 12.8. The fourth-order valence-electron chi connectivity index (χ4n) is 3.03. The second-order valence-electron chi connectivity index (χ2n) is 5.83. The Morgan fingerprint density at radius 2 is 1.19 bits per heavy atom. The lowest BCUT2D eigenvalue weighted by atomic mass is 10.4. The molecule has 4 heteroatoms. The van der Waals surface area contributed by atoms with Crippen LogP contribution < -0.4 is 21.2 Å². The second kappa shape index (κ2) is 8.66. The van der Waals surface area contributed by atoms with Crippen LogP contribution in [-0.2, 0) is 9.53 Å². The minimum Gasteiger partial charge on any atom is -0.364 e. The van der Waals surface area contributed by atoms with E-state index in [9.17, 15) is 4.79 Å². The van der Waals surface area contributed by atoms with Crippen molar-refractivity contribution in [1.29, 1.82) is 0 Å². The minimum absolute atomic E-state index is 0.128. The van der Waals surface area contributed by atoms with Crippen LogP contribution >= 0.6 is 6.89 Å². The molecule has 3 rings (SSSR count). The summed E-state index contributed by atoms with van der Waals surface area (Å²) in [5, 5.41) is 6.24. The molecule has 0 aromatic heterocycles. The van der Waals surface area contributed by atoms with Crippen molar-refractivity contribution < 1.29 is 9.53 Å². The van der Waals surface area contributed by atoms with Gasteiger partial charge in [-0.3, -0.25) is 4.79 Å². The molecule has 0 aliphatic rings. The number of amides is 1. The Kier molecular flexibility index (Phi) is 6.06. The van der Waals surface area contributed by atoms with Crippen LogP contribution in [0.25, 0.3) is 0 Å². The number of hydrogen-bond acceptors (Lipinski definition) is 2. The lowest BCUT2D eigenvalue weighted by Gasteiger charge is -2.28. The van der Waals surface area contributed by atoms with Crippen molar-refractivity contribution in [2.45, 2.75) is 0 Å². The van der Waals surface area contributed by atoms with Gasteiger partial charge in [0.05, 0.1) is 0 Å². The van der Waals surface area contributed by atoms with Gasteiger partial charge in [-0.25, -0.2) is 0 Å². The maximum absolute atomic E-state index is 12.7. The summed E-state index contributed by atoms with van der Waals surface area (Å²) in [5.74, 6) is 1.73. The highest BCUT2D eigenvalue weighted by Gasteiger charge is 2.26. The third-order valence-corrected chi connectivity index (χ3v) is 8.15. The number of hydrogen-bond donors (Lipinski definition) is 1. The number of carbonyl (C=O) groups excluding carboxylic acids is 1. The van der Waals surface area contributed by atoms with E-state index in [1.807, 2.05) is 60.4 Å². The Balaban J connectivity index is 2.32. The van der Waals surface area contributed by atoms with Crippen LogP contribution in [0.4, 0.5) is 0 Å².